The predicted molar refractivity (Wildman–Crippen MR) is 98.6 cm³/mol. The normalized spacial score (nSPS) is 10.4. The summed E-state index contributed by atoms with van der Waals surface area (Å²) < 4.78 is 21.0. The van der Waals surface area contributed by atoms with Crippen LogP contribution in [0.2, 0.25) is 5.02 Å². The molecule has 0 radical (unpaired) electrons. The van der Waals surface area contributed by atoms with Crippen molar-refractivity contribution in [2.24, 2.45) is 5.10 Å². The number of carbonyl (C=O) groups is 1. The van der Waals surface area contributed by atoms with E-state index in [1.165, 1.54) is 20.4 Å². The summed E-state index contributed by atoms with van der Waals surface area (Å²) in [5.74, 6) is 1.70. The number of ether oxygens (including phenoxy) is 4. The van der Waals surface area contributed by atoms with Crippen molar-refractivity contribution in [1.82, 2.24) is 5.43 Å². The first-order valence-corrected chi connectivity index (χ1v) is 8.07. The van der Waals surface area contributed by atoms with Crippen molar-refractivity contribution >= 4 is 23.9 Å². The van der Waals surface area contributed by atoms with Gasteiger partial charge in [-0.2, -0.15) is 5.10 Å². The Kier molecular flexibility index (Phi) is 7.57. The lowest BCUT2D eigenvalue weighted by Gasteiger charge is -2.12. The van der Waals surface area contributed by atoms with Crippen molar-refractivity contribution in [3.8, 4) is 17.2 Å². The lowest BCUT2D eigenvalue weighted by Crippen LogP contribution is -2.16. The highest BCUT2D eigenvalue weighted by Crippen LogP contribution is 2.28. The minimum Gasteiger partial charge on any atom is -0.493 e. The van der Waals surface area contributed by atoms with Gasteiger partial charge < -0.3 is 18.9 Å². The number of carbonyl (C=O) groups excluding carboxylic acids is 1. The van der Waals surface area contributed by atoms with Gasteiger partial charge in [0.25, 0.3) is 0 Å². The molecule has 0 aliphatic rings. The zero-order chi connectivity index (χ0) is 18.8. The molecule has 0 aromatic heterocycles. The van der Waals surface area contributed by atoms with Gasteiger partial charge in [0.15, 0.2) is 11.5 Å². The number of methoxy groups -OCH3 is 2. The molecule has 2 aromatic carbocycles. The Morgan fingerprint density at radius 3 is 2.50 bits per heavy atom. The molecule has 2 rings (SSSR count). The minimum absolute atomic E-state index is 0.318. The molecule has 26 heavy (non-hydrogen) atoms. The first-order chi connectivity index (χ1) is 12.6. The monoisotopic (exact) mass is 378 g/mol. The molecular weight excluding hydrogens is 360 g/mol. The Bertz CT molecular complexity index is 767. The van der Waals surface area contributed by atoms with Crippen molar-refractivity contribution in [2.45, 2.75) is 0 Å². The zero-order valence-corrected chi connectivity index (χ0v) is 15.2. The Morgan fingerprint density at radius 2 is 1.81 bits per heavy atom. The summed E-state index contributed by atoms with van der Waals surface area (Å²) in [6, 6.07) is 12.5. The van der Waals surface area contributed by atoms with E-state index in [-0.39, 0.29) is 0 Å². The molecule has 0 saturated carbocycles. The lowest BCUT2D eigenvalue weighted by molar-refractivity contribution is 0.171. The second kappa shape index (κ2) is 10.1. The third-order valence-corrected chi connectivity index (χ3v) is 3.49. The molecule has 0 saturated heterocycles. The van der Waals surface area contributed by atoms with Gasteiger partial charge in [-0.1, -0.05) is 23.7 Å². The fourth-order valence-corrected chi connectivity index (χ4v) is 2.14. The highest BCUT2D eigenvalue weighted by molar-refractivity contribution is 6.32. The van der Waals surface area contributed by atoms with E-state index in [4.69, 9.17) is 25.8 Å². The van der Waals surface area contributed by atoms with Gasteiger partial charge in [-0.25, -0.2) is 10.2 Å². The number of halogens is 1. The Hall–Kier alpha value is -2.93. The van der Waals surface area contributed by atoms with E-state index in [1.807, 2.05) is 12.1 Å². The largest absolute Gasteiger partial charge is 0.493 e. The molecule has 1 N–H and O–H groups in total. The molecule has 0 aliphatic carbocycles. The number of amides is 1. The average molecular weight is 379 g/mol. The second-order valence-electron chi connectivity index (χ2n) is 4.90. The van der Waals surface area contributed by atoms with Crippen LogP contribution in [0, 0.1) is 0 Å². The molecule has 2 aromatic rings. The van der Waals surface area contributed by atoms with Gasteiger partial charge in [-0.3, -0.25) is 0 Å². The Labute approximate surface area is 156 Å². The molecule has 0 spiro atoms. The van der Waals surface area contributed by atoms with Crippen LogP contribution in [0.1, 0.15) is 5.56 Å². The van der Waals surface area contributed by atoms with Crippen LogP contribution in [0.15, 0.2) is 47.6 Å². The molecule has 0 bridgehead atoms. The maximum absolute atomic E-state index is 10.9. The number of hydrazone groups is 1. The van der Waals surface area contributed by atoms with Crippen LogP contribution in [0.3, 0.4) is 0 Å². The summed E-state index contributed by atoms with van der Waals surface area (Å²) in [6.45, 7) is 0.651. The van der Waals surface area contributed by atoms with Crippen LogP contribution < -0.4 is 19.6 Å². The molecule has 0 fully saturated rings. The Morgan fingerprint density at radius 1 is 1.08 bits per heavy atom. The molecule has 1 amide bonds. The van der Waals surface area contributed by atoms with Crippen molar-refractivity contribution < 1.29 is 23.7 Å². The van der Waals surface area contributed by atoms with E-state index < -0.39 is 6.09 Å². The molecular formula is C18H19ClN2O5. The number of hydrogen-bond donors (Lipinski definition) is 1. The second-order valence-corrected chi connectivity index (χ2v) is 5.31. The predicted octanol–water partition coefficient (Wildman–Crippen LogP) is 3.50. The van der Waals surface area contributed by atoms with Crippen molar-refractivity contribution in [3.63, 3.8) is 0 Å². The standard InChI is InChI=1S/C18H19ClN2O5/c1-23-17-11-13(12-20-21-18(22)24-2)7-8-16(17)26-10-9-25-15-6-4-3-5-14(15)19/h3-8,11-12H,9-10H2,1-2H3,(H,21,22)/b20-12-. The van der Waals surface area contributed by atoms with Crippen LogP contribution in [-0.4, -0.2) is 39.7 Å². The third kappa shape index (κ3) is 5.86. The topological polar surface area (TPSA) is 78.4 Å². The molecule has 0 heterocycles. The van der Waals surface area contributed by atoms with E-state index in [9.17, 15) is 4.79 Å². The summed E-state index contributed by atoms with van der Waals surface area (Å²) in [5.41, 5.74) is 2.92. The number of nitrogens with one attached hydrogen (secondary N) is 1. The Balaban J connectivity index is 1.89. The van der Waals surface area contributed by atoms with E-state index >= 15 is 0 Å². The van der Waals surface area contributed by atoms with E-state index in [2.05, 4.69) is 15.3 Å². The van der Waals surface area contributed by atoms with E-state index in [0.717, 1.165) is 5.56 Å². The van der Waals surface area contributed by atoms with Crippen LogP contribution in [-0.2, 0) is 4.74 Å². The summed E-state index contributed by atoms with van der Waals surface area (Å²) in [7, 11) is 2.80. The number of rotatable bonds is 8. The summed E-state index contributed by atoms with van der Waals surface area (Å²) in [4.78, 5) is 10.9. The van der Waals surface area contributed by atoms with Crippen molar-refractivity contribution in [1.29, 1.82) is 0 Å². The molecule has 0 atom stereocenters. The van der Waals surface area contributed by atoms with Crippen LogP contribution >= 0.6 is 11.6 Å². The number of nitrogens with zero attached hydrogens (tertiary/aromatic N) is 1. The lowest BCUT2D eigenvalue weighted by atomic mass is 10.2. The summed E-state index contributed by atoms with van der Waals surface area (Å²) in [5, 5.41) is 4.31. The summed E-state index contributed by atoms with van der Waals surface area (Å²) in [6.07, 6.45) is 0.815. The highest BCUT2D eigenvalue weighted by atomic mass is 35.5. The van der Waals surface area contributed by atoms with Gasteiger partial charge in [-0.15, -0.1) is 0 Å². The SMILES string of the molecule is COC(=O)N/N=C\c1ccc(OCCOc2ccccc2Cl)c(OC)c1. The molecule has 0 aliphatic heterocycles. The van der Waals surface area contributed by atoms with Crippen molar-refractivity contribution in [3.05, 3.63) is 53.1 Å². The van der Waals surface area contributed by atoms with Gasteiger partial charge in [0.1, 0.15) is 19.0 Å². The first kappa shape index (κ1) is 19.4. The highest BCUT2D eigenvalue weighted by Gasteiger charge is 2.06. The van der Waals surface area contributed by atoms with Gasteiger partial charge in [0.05, 0.1) is 25.5 Å². The van der Waals surface area contributed by atoms with Gasteiger partial charge in [-0.05, 0) is 35.9 Å². The fourth-order valence-electron chi connectivity index (χ4n) is 1.95. The minimum atomic E-state index is -0.647. The maximum Gasteiger partial charge on any atom is 0.427 e. The first-order valence-electron chi connectivity index (χ1n) is 7.69. The van der Waals surface area contributed by atoms with Gasteiger partial charge >= 0.3 is 6.09 Å². The average Bonchev–Trinajstić information content (AvgIpc) is 2.66. The van der Waals surface area contributed by atoms with Gasteiger partial charge in [0.2, 0.25) is 0 Å². The van der Waals surface area contributed by atoms with Crippen LogP contribution in [0.25, 0.3) is 0 Å². The van der Waals surface area contributed by atoms with E-state index in [1.54, 1.807) is 30.3 Å². The van der Waals surface area contributed by atoms with E-state index in [0.29, 0.717) is 35.5 Å². The quantitative estimate of drug-likeness (QED) is 0.432. The number of para-hydroxylation sites is 1. The third-order valence-electron chi connectivity index (χ3n) is 3.18. The molecule has 138 valence electrons. The smallest absolute Gasteiger partial charge is 0.427 e. The van der Waals surface area contributed by atoms with Crippen LogP contribution in [0.5, 0.6) is 17.2 Å². The van der Waals surface area contributed by atoms with Crippen molar-refractivity contribution in [2.75, 3.05) is 27.4 Å². The molecule has 0 unspecified atom stereocenters. The fraction of sp³-hybridized carbons (Fsp3) is 0.222. The maximum atomic E-state index is 10.9. The van der Waals surface area contributed by atoms with Gasteiger partial charge in [0, 0.05) is 0 Å². The zero-order valence-electron chi connectivity index (χ0n) is 14.4. The summed E-state index contributed by atoms with van der Waals surface area (Å²) >= 11 is 6.02. The van der Waals surface area contributed by atoms with Crippen LogP contribution in [0.4, 0.5) is 4.79 Å². The molecule has 7 nitrogen and oxygen atoms in total. The molecule has 8 heteroatoms. The number of benzene rings is 2. The number of hydrogen-bond acceptors (Lipinski definition) is 6.